The monoisotopic (exact) mass is 313 g/mol. The Bertz CT molecular complexity index is 569. The first-order chi connectivity index (χ1) is 11.2. The quantitative estimate of drug-likeness (QED) is 0.756. The van der Waals surface area contributed by atoms with Crippen molar-refractivity contribution in [3.8, 4) is 5.75 Å². The Morgan fingerprint density at radius 3 is 3.04 bits per heavy atom. The van der Waals surface area contributed by atoms with E-state index < -0.39 is 0 Å². The van der Waals surface area contributed by atoms with Crippen LogP contribution in [0.2, 0.25) is 0 Å². The van der Waals surface area contributed by atoms with Crippen molar-refractivity contribution in [2.24, 2.45) is 5.92 Å². The van der Waals surface area contributed by atoms with E-state index >= 15 is 0 Å². The lowest BCUT2D eigenvalue weighted by Gasteiger charge is -2.58. The smallest absolute Gasteiger partial charge is 0.119 e. The van der Waals surface area contributed by atoms with Gasteiger partial charge >= 0.3 is 0 Å². The van der Waals surface area contributed by atoms with E-state index in [0.29, 0.717) is 5.41 Å². The molecule has 1 aromatic rings. The molecule has 0 aromatic heterocycles. The van der Waals surface area contributed by atoms with Crippen LogP contribution in [0.5, 0.6) is 5.75 Å². The minimum absolute atomic E-state index is 0.452. The van der Waals surface area contributed by atoms with E-state index in [9.17, 15) is 0 Å². The summed E-state index contributed by atoms with van der Waals surface area (Å²) in [6, 6.07) is 7.77. The van der Waals surface area contributed by atoms with Gasteiger partial charge in [0.15, 0.2) is 0 Å². The van der Waals surface area contributed by atoms with E-state index in [1.54, 1.807) is 11.1 Å². The zero-order valence-electron chi connectivity index (χ0n) is 14.8. The van der Waals surface area contributed by atoms with Crippen LogP contribution in [-0.2, 0) is 11.8 Å². The fourth-order valence-electron chi connectivity index (χ4n) is 5.60. The molecule has 2 fully saturated rings. The molecule has 2 nitrogen and oxygen atoms in total. The van der Waals surface area contributed by atoms with E-state index in [1.165, 1.54) is 51.5 Å². The number of likely N-dealkylation sites (N-methyl/N-ethyl adjacent to an activating group) is 1. The maximum Gasteiger partial charge on any atom is 0.119 e. The summed E-state index contributed by atoms with van der Waals surface area (Å²) >= 11 is 0. The summed E-state index contributed by atoms with van der Waals surface area (Å²) in [5.74, 6) is 1.97. The molecule has 4 rings (SSSR count). The second kappa shape index (κ2) is 6.12. The Hall–Kier alpha value is -1.02. The molecule has 0 amide bonds. The van der Waals surface area contributed by atoms with Gasteiger partial charge in [-0.15, -0.1) is 0 Å². The summed E-state index contributed by atoms with van der Waals surface area (Å²) in [5, 5.41) is 0. The highest BCUT2D eigenvalue weighted by molar-refractivity contribution is 5.45. The molecule has 1 unspecified atom stereocenters. The van der Waals surface area contributed by atoms with E-state index in [4.69, 9.17) is 4.74 Å². The molecule has 2 bridgehead atoms. The van der Waals surface area contributed by atoms with Crippen molar-refractivity contribution in [1.29, 1.82) is 0 Å². The van der Waals surface area contributed by atoms with Crippen LogP contribution in [0.1, 0.15) is 63.0 Å². The largest absolute Gasteiger partial charge is 0.494 e. The Kier molecular flexibility index (Phi) is 4.13. The van der Waals surface area contributed by atoms with Gasteiger partial charge in [0.2, 0.25) is 0 Å². The Balaban J connectivity index is 1.70. The average Bonchev–Trinajstić information content (AvgIpc) is 2.59. The first kappa shape index (κ1) is 15.5. The first-order valence-corrected chi connectivity index (χ1v) is 9.71. The summed E-state index contributed by atoms with van der Waals surface area (Å²) in [6.45, 7) is 4.35. The number of unbranched alkanes of at least 4 members (excludes halogenated alkanes) is 1. The molecule has 1 saturated carbocycles. The Morgan fingerprint density at radius 1 is 1.26 bits per heavy atom. The Morgan fingerprint density at radius 2 is 2.17 bits per heavy atom. The van der Waals surface area contributed by atoms with E-state index in [2.05, 4.69) is 37.1 Å². The number of hydrogen-bond donors (Lipinski definition) is 0. The standard InChI is InChI=1S/C21H31NO/c1-3-4-13-23-17-9-8-16-14-20-18-7-5-6-10-21(18,19(16)15-17)11-12-22(20)2/h8-9,15,18,20H,3-7,10-14H2,1-2H3/t18?,20-,21-/m1/s1. The van der Waals surface area contributed by atoms with Crippen LogP contribution >= 0.6 is 0 Å². The predicted octanol–water partition coefficient (Wildman–Crippen LogP) is 4.55. The molecule has 2 heteroatoms. The van der Waals surface area contributed by atoms with Crippen LogP contribution < -0.4 is 4.74 Å². The van der Waals surface area contributed by atoms with Crippen LogP contribution in [0.3, 0.4) is 0 Å². The molecule has 1 saturated heterocycles. The van der Waals surface area contributed by atoms with Crippen molar-refractivity contribution in [3.05, 3.63) is 29.3 Å². The highest BCUT2D eigenvalue weighted by Crippen LogP contribution is 2.55. The molecule has 0 N–H and O–H groups in total. The van der Waals surface area contributed by atoms with Gasteiger partial charge in [-0.3, -0.25) is 0 Å². The molecule has 1 aliphatic heterocycles. The molecule has 2 aliphatic carbocycles. The van der Waals surface area contributed by atoms with Crippen LogP contribution in [0.15, 0.2) is 18.2 Å². The summed E-state index contributed by atoms with van der Waals surface area (Å²) in [4.78, 5) is 2.64. The van der Waals surface area contributed by atoms with Gasteiger partial charge in [0.25, 0.3) is 0 Å². The van der Waals surface area contributed by atoms with Crippen molar-refractivity contribution >= 4 is 0 Å². The fourth-order valence-corrected chi connectivity index (χ4v) is 5.60. The number of hydrogen-bond acceptors (Lipinski definition) is 2. The lowest BCUT2D eigenvalue weighted by molar-refractivity contribution is 0.00270. The predicted molar refractivity (Wildman–Crippen MR) is 95.2 cm³/mol. The van der Waals surface area contributed by atoms with Gasteiger partial charge in [-0.2, -0.15) is 0 Å². The van der Waals surface area contributed by atoms with Crippen LogP contribution in [0.4, 0.5) is 0 Å². The first-order valence-electron chi connectivity index (χ1n) is 9.71. The van der Waals surface area contributed by atoms with Crippen molar-refractivity contribution < 1.29 is 4.74 Å². The van der Waals surface area contributed by atoms with Crippen molar-refractivity contribution in [2.45, 2.75) is 69.7 Å². The molecule has 126 valence electrons. The molecule has 1 heterocycles. The van der Waals surface area contributed by atoms with E-state index in [-0.39, 0.29) is 0 Å². The third-order valence-corrected chi connectivity index (χ3v) is 6.85. The van der Waals surface area contributed by atoms with Crippen molar-refractivity contribution in [1.82, 2.24) is 4.90 Å². The average molecular weight is 313 g/mol. The minimum Gasteiger partial charge on any atom is -0.494 e. The molecule has 3 aliphatic rings. The number of ether oxygens (including phenoxy) is 1. The lowest BCUT2D eigenvalue weighted by atomic mass is 9.52. The summed E-state index contributed by atoms with van der Waals surface area (Å²) < 4.78 is 6.04. The molecular formula is C21H31NO. The molecular weight excluding hydrogens is 282 g/mol. The number of likely N-dealkylation sites (tertiary alicyclic amines) is 1. The second-order valence-corrected chi connectivity index (χ2v) is 8.03. The number of benzene rings is 1. The van der Waals surface area contributed by atoms with Gasteiger partial charge in [-0.05, 0) is 74.9 Å². The molecule has 0 spiro atoms. The van der Waals surface area contributed by atoms with Crippen LogP contribution in [0, 0.1) is 5.92 Å². The molecule has 1 aromatic carbocycles. The van der Waals surface area contributed by atoms with Gasteiger partial charge < -0.3 is 9.64 Å². The fraction of sp³-hybridized carbons (Fsp3) is 0.714. The molecule has 0 radical (unpaired) electrons. The van der Waals surface area contributed by atoms with Crippen molar-refractivity contribution in [2.75, 3.05) is 20.2 Å². The van der Waals surface area contributed by atoms with E-state index in [1.807, 2.05) is 0 Å². The SMILES string of the molecule is CCCCOc1ccc2c(c1)[C@@]13CCCCC1[C@@H](C2)N(C)CC3. The number of rotatable bonds is 4. The van der Waals surface area contributed by atoms with Gasteiger partial charge in [0.1, 0.15) is 5.75 Å². The topological polar surface area (TPSA) is 12.5 Å². The summed E-state index contributed by atoms with van der Waals surface area (Å²) in [6.07, 6.45) is 10.6. The van der Waals surface area contributed by atoms with Gasteiger partial charge in [-0.1, -0.05) is 32.3 Å². The van der Waals surface area contributed by atoms with Crippen LogP contribution in [0.25, 0.3) is 0 Å². The summed E-state index contributed by atoms with van der Waals surface area (Å²) in [7, 11) is 2.34. The number of fused-ring (bicyclic) bond motifs is 1. The summed E-state index contributed by atoms with van der Waals surface area (Å²) in [5.41, 5.74) is 3.70. The van der Waals surface area contributed by atoms with Gasteiger partial charge in [0, 0.05) is 11.5 Å². The number of nitrogens with zero attached hydrogens (tertiary/aromatic N) is 1. The highest BCUT2D eigenvalue weighted by atomic mass is 16.5. The normalized spacial score (nSPS) is 33.0. The maximum absolute atomic E-state index is 6.04. The maximum atomic E-state index is 6.04. The van der Waals surface area contributed by atoms with Crippen LogP contribution in [-0.4, -0.2) is 31.1 Å². The second-order valence-electron chi connectivity index (χ2n) is 8.03. The van der Waals surface area contributed by atoms with E-state index in [0.717, 1.165) is 30.7 Å². The van der Waals surface area contributed by atoms with Gasteiger partial charge in [-0.25, -0.2) is 0 Å². The zero-order chi connectivity index (χ0) is 15.9. The lowest BCUT2D eigenvalue weighted by Crippen LogP contribution is -2.59. The van der Waals surface area contributed by atoms with Gasteiger partial charge in [0.05, 0.1) is 6.61 Å². The minimum atomic E-state index is 0.452. The molecule has 3 atom stereocenters. The zero-order valence-corrected chi connectivity index (χ0v) is 14.8. The Labute approximate surface area is 141 Å². The molecule has 23 heavy (non-hydrogen) atoms. The number of piperidine rings is 1. The third kappa shape index (κ3) is 2.50. The highest BCUT2D eigenvalue weighted by Gasteiger charge is 2.53. The van der Waals surface area contributed by atoms with Crippen molar-refractivity contribution in [3.63, 3.8) is 0 Å². The third-order valence-electron chi connectivity index (χ3n) is 6.85.